The van der Waals surface area contributed by atoms with Gasteiger partial charge in [0.05, 0.1) is 31.7 Å². The lowest BCUT2D eigenvalue weighted by Crippen LogP contribution is -2.28. The van der Waals surface area contributed by atoms with Gasteiger partial charge in [-0.05, 0) is 13.3 Å². The topological polar surface area (TPSA) is 105 Å². The summed E-state index contributed by atoms with van der Waals surface area (Å²) < 4.78 is 10.8. The summed E-state index contributed by atoms with van der Waals surface area (Å²) >= 11 is 0. The molecule has 3 rings (SSSR count). The number of hydrogen-bond donors (Lipinski definition) is 3. The van der Waals surface area contributed by atoms with E-state index in [1.807, 2.05) is 13.0 Å². The number of hydrogen-bond acceptors (Lipinski definition) is 7. The van der Waals surface area contributed by atoms with E-state index in [-0.39, 0.29) is 6.10 Å². The van der Waals surface area contributed by atoms with Gasteiger partial charge in [-0.2, -0.15) is 10.1 Å². The van der Waals surface area contributed by atoms with Gasteiger partial charge >= 0.3 is 0 Å². The van der Waals surface area contributed by atoms with E-state index in [9.17, 15) is 5.11 Å². The quantitative estimate of drug-likeness (QED) is 0.711. The number of aromatic amines is 1. The van der Waals surface area contributed by atoms with Crippen LogP contribution in [0.5, 0.6) is 5.88 Å². The second kappa shape index (κ2) is 6.93. The van der Waals surface area contributed by atoms with Crippen molar-refractivity contribution in [1.82, 2.24) is 20.2 Å². The van der Waals surface area contributed by atoms with Crippen LogP contribution in [0.1, 0.15) is 31.9 Å². The average Bonchev–Trinajstić information content (AvgIpc) is 2.91. The van der Waals surface area contributed by atoms with Crippen molar-refractivity contribution in [2.45, 2.75) is 38.4 Å². The Kier molecular flexibility index (Phi) is 4.73. The van der Waals surface area contributed by atoms with Gasteiger partial charge < -0.3 is 19.9 Å². The molecular formula is C15H21N5O3. The standard InChI is InChI=1S/C15H21N5O3/c1-3-12(9(2)21)23-15-6-16-5-14(18-15)17-13-4-11(19-20-13)10-7-22-8-10/h4-6,9-10,12,21H,3,7-8H2,1-2H3,(H2,17,18,19,20)/t9-,12-/m0/s1. The molecule has 0 saturated carbocycles. The molecule has 1 aliphatic heterocycles. The predicted molar refractivity (Wildman–Crippen MR) is 83.9 cm³/mol. The average molecular weight is 319 g/mol. The van der Waals surface area contributed by atoms with E-state index in [0.717, 1.165) is 18.9 Å². The second-order valence-electron chi connectivity index (χ2n) is 5.62. The van der Waals surface area contributed by atoms with E-state index in [1.165, 1.54) is 6.20 Å². The highest BCUT2D eigenvalue weighted by Gasteiger charge is 2.22. The third-order valence-electron chi connectivity index (χ3n) is 3.76. The van der Waals surface area contributed by atoms with Crippen molar-refractivity contribution in [3.05, 3.63) is 24.2 Å². The molecule has 1 fully saturated rings. The fourth-order valence-corrected chi connectivity index (χ4v) is 2.30. The van der Waals surface area contributed by atoms with E-state index in [2.05, 4.69) is 25.5 Å². The van der Waals surface area contributed by atoms with Crippen molar-refractivity contribution in [3.8, 4) is 5.88 Å². The second-order valence-corrected chi connectivity index (χ2v) is 5.62. The molecule has 2 aromatic heterocycles. The van der Waals surface area contributed by atoms with Crippen LogP contribution in [-0.4, -0.2) is 50.7 Å². The predicted octanol–water partition coefficient (Wildman–Crippen LogP) is 1.60. The summed E-state index contributed by atoms with van der Waals surface area (Å²) in [5, 5.41) is 19.9. The molecular weight excluding hydrogens is 298 g/mol. The normalized spacial score (nSPS) is 17.3. The highest BCUT2D eigenvalue weighted by molar-refractivity contribution is 5.51. The molecule has 3 heterocycles. The van der Waals surface area contributed by atoms with Crippen LogP contribution in [0.2, 0.25) is 0 Å². The molecule has 2 atom stereocenters. The summed E-state index contributed by atoms with van der Waals surface area (Å²) in [6, 6.07) is 1.94. The summed E-state index contributed by atoms with van der Waals surface area (Å²) in [5.41, 5.74) is 1.04. The maximum atomic E-state index is 9.65. The molecule has 1 aliphatic rings. The molecule has 1 saturated heterocycles. The van der Waals surface area contributed by atoms with Gasteiger partial charge in [-0.3, -0.25) is 10.1 Å². The molecule has 2 aromatic rings. The van der Waals surface area contributed by atoms with Gasteiger partial charge in [0.1, 0.15) is 6.10 Å². The molecule has 0 amide bonds. The Morgan fingerprint density at radius 3 is 2.91 bits per heavy atom. The van der Waals surface area contributed by atoms with Crippen molar-refractivity contribution in [1.29, 1.82) is 0 Å². The van der Waals surface area contributed by atoms with E-state index >= 15 is 0 Å². The van der Waals surface area contributed by atoms with Gasteiger partial charge in [0.15, 0.2) is 11.6 Å². The fraction of sp³-hybridized carbons (Fsp3) is 0.533. The largest absolute Gasteiger partial charge is 0.470 e. The van der Waals surface area contributed by atoms with E-state index in [0.29, 0.717) is 29.9 Å². The zero-order chi connectivity index (χ0) is 16.2. The fourth-order valence-electron chi connectivity index (χ4n) is 2.30. The molecule has 0 unspecified atom stereocenters. The zero-order valence-electron chi connectivity index (χ0n) is 13.2. The third kappa shape index (κ3) is 3.77. The number of nitrogens with one attached hydrogen (secondary N) is 2. The van der Waals surface area contributed by atoms with E-state index < -0.39 is 6.10 Å². The number of H-pyrrole nitrogens is 1. The summed E-state index contributed by atoms with van der Waals surface area (Å²) in [6.45, 7) is 5.09. The number of aliphatic hydroxyl groups excluding tert-OH is 1. The summed E-state index contributed by atoms with van der Waals surface area (Å²) in [5.74, 6) is 1.95. The molecule has 0 aliphatic carbocycles. The minimum Gasteiger partial charge on any atom is -0.470 e. The summed E-state index contributed by atoms with van der Waals surface area (Å²) in [6.07, 6.45) is 2.92. The molecule has 0 spiro atoms. The Morgan fingerprint density at radius 2 is 2.26 bits per heavy atom. The van der Waals surface area contributed by atoms with Crippen molar-refractivity contribution < 1.29 is 14.6 Å². The highest BCUT2D eigenvalue weighted by atomic mass is 16.5. The molecule has 0 radical (unpaired) electrons. The van der Waals surface area contributed by atoms with Crippen molar-refractivity contribution in [3.63, 3.8) is 0 Å². The van der Waals surface area contributed by atoms with Crippen LogP contribution in [0.3, 0.4) is 0 Å². The molecule has 3 N–H and O–H groups in total. The lowest BCUT2D eigenvalue weighted by Gasteiger charge is -2.24. The number of anilines is 2. The number of nitrogens with zero attached hydrogens (tertiary/aromatic N) is 3. The van der Waals surface area contributed by atoms with E-state index in [4.69, 9.17) is 9.47 Å². The SMILES string of the molecule is CC[C@H](Oc1cncc(Nc2cc(C3COC3)[nH]n2)n1)[C@H](C)O. The minimum absolute atomic E-state index is 0.310. The number of rotatable bonds is 7. The van der Waals surface area contributed by atoms with Crippen LogP contribution in [0.15, 0.2) is 18.5 Å². The monoisotopic (exact) mass is 319 g/mol. The number of aromatic nitrogens is 4. The summed E-state index contributed by atoms with van der Waals surface area (Å²) in [4.78, 5) is 8.45. The van der Waals surface area contributed by atoms with E-state index in [1.54, 1.807) is 13.1 Å². The molecule has 124 valence electrons. The molecule has 23 heavy (non-hydrogen) atoms. The first-order valence-electron chi connectivity index (χ1n) is 7.72. The Morgan fingerprint density at radius 1 is 1.43 bits per heavy atom. The lowest BCUT2D eigenvalue weighted by atomic mass is 10.0. The van der Waals surface area contributed by atoms with Gasteiger partial charge in [0.25, 0.3) is 0 Å². The minimum atomic E-state index is -0.572. The lowest BCUT2D eigenvalue weighted by molar-refractivity contribution is 0.00670. The van der Waals surface area contributed by atoms with Crippen molar-refractivity contribution in [2.75, 3.05) is 18.5 Å². The molecule has 0 aromatic carbocycles. The Balaban J connectivity index is 1.66. The summed E-state index contributed by atoms with van der Waals surface area (Å²) in [7, 11) is 0. The maximum Gasteiger partial charge on any atom is 0.234 e. The van der Waals surface area contributed by atoms with Crippen molar-refractivity contribution in [2.24, 2.45) is 0 Å². The number of ether oxygens (including phenoxy) is 2. The molecule has 8 nitrogen and oxygen atoms in total. The zero-order valence-corrected chi connectivity index (χ0v) is 13.2. The Bertz CT molecular complexity index is 642. The van der Waals surface area contributed by atoms with Crippen LogP contribution in [-0.2, 0) is 4.74 Å². The highest BCUT2D eigenvalue weighted by Crippen LogP contribution is 2.25. The maximum absolute atomic E-state index is 9.65. The van der Waals surface area contributed by atoms with Crippen LogP contribution in [0, 0.1) is 0 Å². The van der Waals surface area contributed by atoms with Gasteiger partial charge in [-0.15, -0.1) is 0 Å². The van der Waals surface area contributed by atoms with Crippen LogP contribution in [0.4, 0.5) is 11.6 Å². The van der Waals surface area contributed by atoms with Gasteiger partial charge in [0.2, 0.25) is 5.88 Å². The van der Waals surface area contributed by atoms with Gasteiger partial charge in [-0.1, -0.05) is 6.92 Å². The smallest absolute Gasteiger partial charge is 0.234 e. The Hall–Kier alpha value is -2.19. The first-order chi connectivity index (χ1) is 11.2. The molecule has 8 heteroatoms. The third-order valence-corrected chi connectivity index (χ3v) is 3.76. The van der Waals surface area contributed by atoms with Crippen molar-refractivity contribution >= 4 is 11.6 Å². The molecule has 0 bridgehead atoms. The van der Waals surface area contributed by atoms with Crippen LogP contribution >= 0.6 is 0 Å². The van der Waals surface area contributed by atoms with Crippen LogP contribution < -0.4 is 10.1 Å². The first kappa shape index (κ1) is 15.7. The first-order valence-corrected chi connectivity index (χ1v) is 7.72. The Labute approximate surface area is 134 Å². The number of aliphatic hydroxyl groups is 1. The van der Waals surface area contributed by atoms with Gasteiger partial charge in [0, 0.05) is 17.7 Å². The van der Waals surface area contributed by atoms with Crippen LogP contribution in [0.25, 0.3) is 0 Å². The van der Waals surface area contributed by atoms with Gasteiger partial charge in [-0.25, -0.2) is 0 Å².